The molecule has 0 aromatic heterocycles. The number of aryl methyl sites for hydroxylation is 1. The fourth-order valence-electron chi connectivity index (χ4n) is 4.42. The van der Waals surface area contributed by atoms with Gasteiger partial charge < -0.3 is 19.9 Å². The lowest BCUT2D eigenvalue weighted by molar-refractivity contribution is -0.139. The highest BCUT2D eigenvalue weighted by molar-refractivity contribution is 7.90. The van der Waals surface area contributed by atoms with Crippen LogP contribution in [0.25, 0.3) is 11.1 Å². The van der Waals surface area contributed by atoms with Crippen LogP contribution in [0.3, 0.4) is 0 Å². The van der Waals surface area contributed by atoms with Crippen molar-refractivity contribution in [2.24, 2.45) is 0 Å². The van der Waals surface area contributed by atoms with Crippen molar-refractivity contribution in [2.45, 2.75) is 39.0 Å². The van der Waals surface area contributed by atoms with Crippen molar-refractivity contribution < 1.29 is 32.6 Å². The monoisotopic (exact) mass is 537 g/mol. The predicted molar refractivity (Wildman–Crippen MR) is 144 cm³/mol. The Balaban J connectivity index is 1.54. The Morgan fingerprint density at radius 1 is 1.03 bits per heavy atom. The molecular weight excluding hydrogens is 506 g/mol. The van der Waals surface area contributed by atoms with Gasteiger partial charge in [-0.25, -0.2) is 13.2 Å². The Morgan fingerprint density at radius 2 is 1.74 bits per heavy atom. The molecule has 1 amide bonds. The van der Waals surface area contributed by atoms with Gasteiger partial charge in [-0.05, 0) is 71.0 Å². The van der Waals surface area contributed by atoms with Gasteiger partial charge in [-0.1, -0.05) is 36.4 Å². The van der Waals surface area contributed by atoms with Crippen LogP contribution >= 0.6 is 0 Å². The molecule has 0 radical (unpaired) electrons. The van der Waals surface area contributed by atoms with Crippen LogP contribution in [0.2, 0.25) is 0 Å². The zero-order valence-electron chi connectivity index (χ0n) is 21.4. The predicted octanol–water partition coefficient (Wildman–Crippen LogP) is 3.93. The highest BCUT2D eigenvalue weighted by atomic mass is 32.2. The molecule has 1 aliphatic heterocycles. The second kappa shape index (κ2) is 11.8. The lowest BCUT2D eigenvalue weighted by Gasteiger charge is -2.18. The Hall–Kier alpha value is -3.69. The lowest BCUT2D eigenvalue weighted by atomic mass is 9.93. The molecule has 9 heteroatoms. The third kappa shape index (κ3) is 6.99. The molecule has 1 heterocycles. The molecule has 4 rings (SSSR count). The van der Waals surface area contributed by atoms with E-state index in [1.807, 2.05) is 49.4 Å². The van der Waals surface area contributed by atoms with Gasteiger partial charge in [0.2, 0.25) is 0 Å². The Bertz CT molecular complexity index is 1450. The number of carbonyl (C=O) groups excluding carboxylic acids is 1. The van der Waals surface area contributed by atoms with Gasteiger partial charge in [-0.2, -0.15) is 0 Å². The molecular formula is C29H31NO7S. The molecule has 38 heavy (non-hydrogen) atoms. The van der Waals surface area contributed by atoms with Gasteiger partial charge in [0.25, 0.3) is 5.91 Å². The second-order valence-electron chi connectivity index (χ2n) is 9.51. The van der Waals surface area contributed by atoms with Gasteiger partial charge in [0.05, 0.1) is 25.6 Å². The number of hydrogen-bond acceptors (Lipinski definition) is 6. The molecule has 0 bridgehead atoms. The van der Waals surface area contributed by atoms with Gasteiger partial charge in [-0.3, -0.25) is 4.79 Å². The van der Waals surface area contributed by atoms with Gasteiger partial charge in [0.15, 0.2) is 0 Å². The smallest absolute Gasteiger partial charge is 0.326 e. The van der Waals surface area contributed by atoms with Crippen LogP contribution in [-0.4, -0.2) is 50.1 Å². The second-order valence-corrected chi connectivity index (χ2v) is 11.8. The van der Waals surface area contributed by atoms with Crippen LogP contribution in [0, 0.1) is 6.92 Å². The first-order valence-electron chi connectivity index (χ1n) is 12.3. The largest absolute Gasteiger partial charge is 0.493 e. The van der Waals surface area contributed by atoms with Crippen LogP contribution in [-0.2, 0) is 39.0 Å². The molecule has 3 aromatic carbocycles. The Kier molecular flexibility index (Phi) is 8.48. The third-order valence-corrected chi connectivity index (χ3v) is 7.41. The molecule has 8 nitrogen and oxygen atoms in total. The maximum absolute atomic E-state index is 13.2. The van der Waals surface area contributed by atoms with E-state index in [1.54, 1.807) is 12.1 Å². The highest BCUT2D eigenvalue weighted by Gasteiger charge is 2.24. The zero-order valence-corrected chi connectivity index (χ0v) is 22.2. The summed E-state index contributed by atoms with van der Waals surface area (Å²) in [5, 5.41) is 12.0. The number of aliphatic carboxylic acids is 1. The maximum atomic E-state index is 13.2. The SMILES string of the molecule is Cc1ccccc1-c1cc(COCc2ccc3c(c2)CCO3)ccc1C(=O)NC(CCS(C)(=O)=O)C(=O)O. The highest BCUT2D eigenvalue weighted by Crippen LogP contribution is 2.29. The van der Waals surface area contributed by atoms with Crippen molar-refractivity contribution in [3.05, 3.63) is 88.5 Å². The van der Waals surface area contributed by atoms with E-state index in [9.17, 15) is 23.1 Å². The number of amides is 1. The number of carboxylic acids is 1. The van der Waals surface area contributed by atoms with Crippen molar-refractivity contribution in [1.82, 2.24) is 5.32 Å². The first-order chi connectivity index (χ1) is 18.1. The number of carbonyl (C=O) groups is 2. The summed E-state index contributed by atoms with van der Waals surface area (Å²) < 4.78 is 34.6. The average Bonchev–Trinajstić information content (AvgIpc) is 3.34. The molecule has 0 fully saturated rings. The number of ether oxygens (including phenoxy) is 2. The normalized spacial score (nSPS) is 13.4. The zero-order chi connectivity index (χ0) is 27.3. The molecule has 1 atom stereocenters. The summed E-state index contributed by atoms with van der Waals surface area (Å²) in [6.45, 7) is 3.38. The summed E-state index contributed by atoms with van der Waals surface area (Å²) in [6, 6.07) is 17.6. The molecule has 1 unspecified atom stereocenters. The van der Waals surface area contributed by atoms with Gasteiger partial charge in [-0.15, -0.1) is 0 Å². The molecule has 2 N–H and O–H groups in total. The first-order valence-corrected chi connectivity index (χ1v) is 14.4. The third-order valence-electron chi connectivity index (χ3n) is 6.44. The number of hydrogen-bond donors (Lipinski definition) is 2. The van der Waals surface area contributed by atoms with E-state index >= 15 is 0 Å². The summed E-state index contributed by atoms with van der Waals surface area (Å²) >= 11 is 0. The fourth-order valence-corrected chi connectivity index (χ4v) is 5.08. The number of fused-ring (bicyclic) bond motifs is 1. The van der Waals surface area contributed by atoms with E-state index in [0.717, 1.165) is 40.7 Å². The van der Waals surface area contributed by atoms with Crippen LogP contribution in [0.5, 0.6) is 5.75 Å². The van der Waals surface area contributed by atoms with Crippen molar-refractivity contribution >= 4 is 21.7 Å². The molecule has 200 valence electrons. The Labute approximate surface area is 222 Å². The van der Waals surface area contributed by atoms with Crippen LogP contribution in [0.4, 0.5) is 0 Å². The summed E-state index contributed by atoms with van der Waals surface area (Å²) in [4.78, 5) is 24.9. The fraction of sp³-hybridized carbons (Fsp3) is 0.310. The van der Waals surface area contributed by atoms with Crippen LogP contribution in [0.15, 0.2) is 60.7 Å². The minimum Gasteiger partial charge on any atom is -0.493 e. The minimum atomic E-state index is -3.38. The van der Waals surface area contributed by atoms with Gasteiger partial charge >= 0.3 is 5.97 Å². The van der Waals surface area contributed by atoms with Gasteiger partial charge in [0, 0.05) is 18.2 Å². The summed E-state index contributed by atoms with van der Waals surface area (Å²) in [5.41, 5.74) is 5.82. The standard InChI is InChI=1S/C29H31NO7S/c1-19-5-3-4-6-23(19)25-16-21(18-36-17-20-8-10-27-22(15-20)11-13-37-27)7-9-24(25)28(31)30-26(29(32)33)12-14-38(2,34)35/h3-10,15-16,26H,11-14,17-18H2,1-2H3,(H,30,31)(H,32,33). The van der Waals surface area contributed by atoms with E-state index in [4.69, 9.17) is 9.47 Å². The topological polar surface area (TPSA) is 119 Å². The van der Waals surface area contributed by atoms with Crippen molar-refractivity contribution in [1.29, 1.82) is 0 Å². The lowest BCUT2D eigenvalue weighted by Crippen LogP contribution is -2.42. The summed E-state index contributed by atoms with van der Waals surface area (Å²) in [6.07, 6.45) is 1.70. The number of benzene rings is 3. The van der Waals surface area contributed by atoms with Crippen LogP contribution < -0.4 is 10.1 Å². The van der Waals surface area contributed by atoms with Crippen molar-refractivity contribution in [3.63, 3.8) is 0 Å². The molecule has 1 aliphatic rings. The number of sulfone groups is 1. The van der Waals surface area contributed by atoms with Crippen LogP contribution in [0.1, 0.15) is 39.0 Å². The van der Waals surface area contributed by atoms with E-state index in [0.29, 0.717) is 30.9 Å². The number of rotatable bonds is 11. The van der Waals surface area contributed by atoms with Crippen molar-refractivity contribution in [2.75, 3.05) is 18.6 Å². The molecule has 0 saturated carbocycles. The average molecular weight is 538 g/mol. The molecule has 3 aromatic rings. The van der Waals surface area contributed by atoms with E-state index in [1.165, 1.54) is 5.56 Å². The number of carboxylic acid groups (broad SMARTS) is 1. The summed E-state index contributed by atoms with van der Waals surface area (Å²) in [5.74, 6) is -1.30. The van der Waals surface area contributed by atoms with E-state index in [-0.39, 0.29) is 12.2 Å². The molecule has 0 spiro atoms. The van der Waals surface area contributed by atoms with Gasteiger partial charge in [0.1, 0.15) is 21.6 Å². The molecule has 0 saturated heterocycles. The van der Waals surface area contributed by atoms with E-state index < -0.39 is 27.8 Å². The van der Waals surface area contributed by atoms with E-state index in [2.05, 4.69) is 11.4 Å². The quantitative estimate of drug-likeness (QED) is 0.380. The molecule has 0 aliphatic carbocycles. The maximum Gasteiger partial charge on any atom is 0.326 e. The number of nitrogens with one attached hydrogen (secondary N) is 1. The minimum absolute atomic E-state index is 0.222. The summed E-state index contributed by atoms with van der Waals surface area (Å²) in [7, 11) is -3.38. The Morgan fingerprint density at radius 3 is 2.45 bits per heavy atom. The van der Waals surface area contributed by atoms with Crippen molar-refractivity contribution in [3.8, 4) is 16.9 Å². The first kappa shape index (κ1) is 27.3.